The minimum absolute atomic E-state index is 0. The Morgan fingerprint density at radius 2 is 2.04 bits per heavy atom. The van der Waals surface area contributed by atoms with Gasteiger partial charge in [-0.2, -0.15) is 0 Å². The van der Waals surface area contributed by atoms with E-state index in [-0.39, 0.29) is 29.9 Å². The summed E-state index contributed by atoms with van der Waals surface area (Å²) in [4.78, 5) is 39.1. The maximum Gasteiger partial charge on any atom is 0.328 e. The molecule has 1 aromatic heterocycles. The number of H-pyrrole nitrogens is 1. The highest BCUT2D eigenvalue weighted by Gasteiger charge is 2.14. The van der Waals surface area contributed by atoms with Gasteiger partial charge in [-0.1, -0.05) is 19.8 Å². The fraction of sp³-hybridized carbons (Fsp3) is 0.471. The SMILES string of the molecule is CCCCC(CN)NC(=O)c1ccc2c(=O)n(CC)c(=O)[nH]c2c1.Cl. The van der Waals surface area contributed by atoms with Gasteiger partial charge in [0.05, 0.1) is 10.9 Å². The Morgan fingerprint density at radius 3 is 2.64 bits per heavy atom. The van der Waals surface area contributed by atoms with Crippen LogP contribution in [0.4, 0.5) is 0 Å². The molecular weight excluding hydrogens is 344 g/mol. The van der Waals surface area contributed by atoms with Crippen molar-refractivity contribution >= 4 is 29.2 Å². The zero-order chi connectivity index (χ0) is 17.7. The molecule has 0 spiro atoms. The van der Waals surface area contributed by atoms with E-state index < -0.39 is 5.69 Å². The molecule has 2 aromatic rings. The fourth-order valence-corrected chi connectivity index (χ4v) is 2.65. The molecule has 7 nitrogen and oxygen atoms in total. The number of hydrogen-bond acceptors (Lipinski definition) is 4. The summed E-state index contributed by atoms with van der Waals surface area (Å²) in [5, 5.41) is 3.28. The largest absolute Gasteiger partial charge is 0.348 e. The van der Waals surface area contributed by atoms with Crippen molar-refractivity contribution < 1.29 is 4.79 Å². The highest BCUT2D eigenvalue weighted by atomic mass is 35.5. The predicted octanol–water partition coefficient (Wildman–Crippen LogP) is 1.38. The number of carbonyl (C=O) groups is 1. The summed E-state index contributed by atoms with van der Waals surface area (Å²) in [7, 11) is 0. The first-order chi connectivity index (χ1) is 11.5. The lowest BCUT2D eigenvalue weighted by atomic mass is 10.1. The molecule has 4 N–H and O–H groups in total. The zero-order valence-electron chi connectivity index (χ0n) is 14.5. The van der Waals surface area contributed by atoms with E-state index in [0.717, 1.165) is 23.8 Å². The summed E-state index contributed by atoms with van der Waals surface area (Å²) in [6, 6.07) is 4.60. The Morgan fingerprint density at radius 1 is 1.32 bits per heavy atom. The zero-order valence-corrected chi connectivity index (χ0v) is 15.3. The molecular formula is C17H25ClN4O3. The number of nitrogens with zero attached hydrogens (tertiary/aromatic N) is 1. The smallest absolute Gasteiger partial charge is 0.328 e. The first-order valence-corrected chi connectivity index (χ1v) is 8.29. The van der Waals surface area contributed by atoms with Gasteiger partial charge in [-0.05, 0) is 31.5 Å². The number of nitrogens with one attached hydrogen (secondary N) is 2. The Labute approximate surface area is 152 Å². The molecule has 0 aliphatic rings. The quantitative estimate of drug-likeness (QED) is 0.685. The molecule has 0 bridgehead atoms. The number of carbonyl (C=O) groups excluding carboxylic acids is 1. The standard InChI is InChI=1S/C17H24N4O3.ClH/c1-3-5-6-12(10-18)19-15(22)11-7-8-13-14(9-11)20-17(24)21(4-2)16(13)23;/h7-9,12H,3-6,10,18H2,1-2H3,(H,19,22)(H,20,24);1H. The number of benzene rings is 1. The number of hydrogen-bond donors (Lipinski definition) is 3. The second-order valence-electron chi connectivity index (χ2n) is 5.79. The summed E-state index contributed by atoms with van der Waals surface area (Å²) in [5.74, 6) is -0.260. The normalized spacial score (nSPS) is 11.8. The van der Waals surface area contributed by atoms with Gasteiger partial charge in [-0.25, -0.2) is 4.79 Å². The highest BCUT2D eigenvalue weighted by molar-refractivity contribution is 5.97. The number of aromatic nitrogens is 2. The van der Waals surface area contributed by atoms with Crippen LogP contribution < -0.4 is 22.3 Å². The molecule has 1 aromatic carbocycles. The molecule has 0 aliphatic carbocycles. The lowest BCUT2D eigenvalue weighted by molar-refractivity contribution is 0.0936. The summed E-state index contributed by atoms with van der Waals surface area (Å²) < 4.78 is 1.12. The molecule has 1 amide bonds. The number of unbranched alkanes of at least 4 members (excludes halogenated alkanes) is 1. The van der Waals surface area contributed by atoms with Gasteiger partial charge in [0.2, 0.25) is 0 Å². The summed E-state index contributed by atoms with van der Waals surface area (Å²) in [6.45, 7) is 4.48. The Balaban J connectivity index is 0.00000312. The average molecular weight is 369 g/mol. The lowest BCUT2D eigenvalue weighted by Gasteiger charge is -2.16. The topological polar surface area (TPSA) is 110 Å². The van der Waals surface area contributed by atoms with Gasteiger partial charge in [0.15, 0.2) is 0 Å². The van der Waals surface area contributed by atoms with Crippen LogP contribution in [0, 0.1) is 0 Å². The van der Waals surface area contributed by atoms with Gasteiger partial charge in [-0.3, -0.25) is 14.2 Å². The number of fused-ring (bicyclic) bond motifs is 1. The number of halogens is 1. The van der Waals surface area contributed by atoms with Gasteiger partial charge in [-0.15, -0.1) is 12.4 Å². The first kappa shape index (κ1) is 20.9. The average Bonchev–Trinajstić information content (AvgIpc) is 2.58. The van der Waals surface area contributed by atoms with Crippen molar-refractivity contribution in [3.63, 3.8) is 0 Å². The Kier molecular flexibility index (Phi) is 7.86. The van der Waals surface area contributed by atoms with E-state index in [9.17, 15) is 14.4 Å². The van der Waals surface area contributed by atoms with Gasteiger partial charge in [0.1, 0.15) is 0 Å². The van der Waals surface area contributed by atoms with Crippen molar-refractivity contribution in [2.45, 2.75) is 45.7 Å². The van der Waals surface area contributed by atoms with Crippen LogP contribution in [0.25, 0.3) is 10.9 Å². The Hall–Kier alpha value is -2.12. The lowest BCUT2D eigenvalue weighted by Crippen LogP contribution is -2.40. The molecule has 2 rings (SSSR count). The summed E-state index contributed by atoms with van der Waals surface area (Å²) in [6.07, 6.45) is 2.85. The van der Waals surface area contributed by atoms with E-state index in [0.29, 0.717) is 29.6 Å². The Bertz CT molecular complexity index is 844. The second-order valence-corrected chi connectivity index (χ2v) is 5.79. The van der Waals surface area contributed by atoms with E-state index in [4.69, 9.17) is 5.73 Å². The van der Waals surface area contributed by atoms with Gasteiger partial charge < -0.3 is 16.0 Å². The van der Waals surface area contributed by atoms with Crippen LogP contribution in [-0.4, -0.2) is 28.0 Å². The van der Waals surface area contributed by atoms with Crippen LogP contribution in [0.1, 0.15) is 43.5 Å². The van der Waals surface area contributed by atoms with Crippen molar-refractivity contribution in [3.05, 3.63) is 44.6 Å². The number of rotatable bonds is 7. The van der Waals surface area contributed by atoms with Crippen molar-refractivity contribution in [2.24, 2.45) is 5.73 Å². The fourth-order valence-electron chi connectivity index (χ4n) is 2.65. The van der Waals surface area contributed by atoms with E-state index in [1.807, 2.05) is 0 Å². The van der Waals surface area contributed by atoms with E-state index in [1.165, 1.54) is 6.07 Å². The summed E-state index contributed by atoms with van der Waals surface area (Å²) >= 11 is 0. The molecule has 138 valence electrons. The highest BCUT2D eigenvalue weighted by Crippen LogP contribution is 2.10. The van der Waals surface area contributed by atoms with Gasteiger partial charge >= 0.3 is 5.69 Å². The van der Waals surface area contributed by atoms with Crippen LogP contribution in [0.2, 0.25) is 0 Å². The maximum atomic E-state index is 12.4. The summed E-state index contributed by atoms with van der Waals surface area (Å²) in [5.41, 5.74) is 5.62. The van der Waals surface area contributed by atoms with Crippen LogP contribution >= 0.6 is 12.4 Å². The molecule has 0 saturated carbocycles. The van der Waals surface area contributed by atoms with E-state index >= 15 is 0 Å². The third-order valence-corrected chi connectivity index (χ3v) is 4.09. The molecule has 1 heterocycles. The molecule has 0 fully saturated rings. The van der Waals surface area contributed by atoms with Gasteiger partial charge in [0.25, 0.3) is 11.5 Å². The molecule has 8 heteroatoms. The maximum absolute atomic E-state index is 12.4. The molecule has 0 aliphatic heterocycles. The van der Waals surface area contributed by atoms with Crippen molar-refractivity contribution in [1.29, 1.82) is 0 Å². The van der Waals surface area contributed by atoms with Crippen LogP contribution in [0.3, 0.4) is 0 Å². The molecule has 1 unspecified atom stereocenters. The number of aromatic amines is 1. The minimum atomic E-state index is -0.477. The monoisotopic (exact) mass is 368 g/mol. The molecule has 25 heavy (non-hydrogen) atoms. The van der Waals surface area contributed by atoms with Crippen LogP contribution in [-0.2, 0) is 6.54 Å². The molecule has 1 atom stereocenters. The van der Waals surface area contributed by atoms with Crippen LogP contribution in [0.15, 0.2) is 27.8 Å². The van der Waals surface area contributed by atoms with Crippen molar-refractivity contribution in [3.8, 4) is 0 Å². The second kappa shape index (κ2) is 9.39. The van der Waals surface area contributed by atoms with Gasteiger partial charge in [0, 0.05) is 24.7 Å². The number of nitrogens with two attached hydrogens (primary N) is 1. The molecule has 0 saturated heterocycles. The third kappa shape index (κ3) is 4.70. The predicted molar refractivity (Wildman–Crippen MR) is 102 cm³/mol. The molecule has 0 radical (unpaired) electrons. The van der Waals surface area contributed by atoms with E-state index in [1.54, 1.807) is 19.1 Å². The van der Waals surface area contributed by atoms with Crippen LogP contribution in [0.5, 0.6) is 0 Å². The number of amides is 1. The first-order valence-electron chi connectivity index (χ1n) is 8.29. The third-order valence-electron chi connectivity index (χ3n) is 4.09. The van der Waals surface area contributed by atoms with Crippen molar-refractivity contribution in [1.82, 2.24) is 14.9 Å². The minimum Gasteiger partial charge on any atom is -0.348 e. The van der Waals surface area contributed by atoms with Crippen molar-refractivity contribution in [2.75, 3.05) is 6.54 Å². The van der Waals surface area contributed by atoms with E-state index in [2.05, 4.69) is 17.2 Å².